The van der Waals surface area contributed by atoms with Gasteiger partial charge < -0.3 is 20.3 Å². The molecule has 0 aromatic heterocycles. The lowest BCUT2D eigenvalue weighted by Gasteiger charge is -2.11. The van der Waals surface area contributed by atoms with E-state index in [2.05, 4.69) is 21.2 Å². The molecule has 0 aliphatic carbocycles. The van der Waals surface area contributed by atoms with E-state index in [0.29, 0.717) is 6.54 Å². The van der Waals surface area contributed by atoms with Crippen molar-refractivity contribution in [2.45, 2.75) is 6.10 Å². The Morgan fingerprint density at radius 1 is 1.47 bits per heavy atom. The van der Waals surface area contributed by atoms with E-state index in [1.54, 1.807) is 7.11 Å². The van der Waals surface area contributed by atoms with Crippen molar-refractivity contribution in [1.29, 1.82) is 0 Å². The number of nitrogens with one attached hydrogen (secondary N) is 1. The minimum Gasteiger partial charge on any atom is -0.497 e. The van der Waals surface area contributed by atoms with Crippen molar-refractivity contribution >= 4 is 21.6 Å². The van der Waals surface area contributed by atoms with Gasteiger partial charge in [0, 0.05) is 22.8 Å². The number of methoxy groups -OCH3 is 1. The molecule has 0 saturated heterocycles. The van der Waals surface area contributed by atoms with Crippen LogP contribution in [0.5, 0.6) is 5.75 Å². The number of halogens is 1. The Labute approximate surface area is 97.0 Å². The monoisotopic (exact) mass is 275 g/mol. The summed E-state index contributed by atoms with van der Waals surface area (Å²) in [6.07, 6.45) is -0.755. The molecule has 1 unspecified atom stereocenters. The zero-order chi connectivity index (χ0) is 11.3. The fourth-order valence-corrected chi connectivity index (χ4v) is 1.56. The van der Waals surface area contributed by atoms with Crippen LogP contribution in [0.15, 0.2) is 22.7 Å². The lowest BCUT2D eigenvalue weighted by Crippen LogP contribution is -2.22. The molecule has 1 aromatic rings. The predicted molar refractivity (Wildman–Crippen MR) is 62.3 cm³/mol. The molecule has 0 spiro atoms. The molecule has 5 heteroatoms. The van der Waals surface area contributed by atoms with E-state index in [-0.39, 0.29) is 6.61 Å². The second-order valence-electron chi connectivity index (χ2n) is 3.10. The molecule has 0 aliphatic heterocycles. The first-order valence-corrected chi connectivity index (χ1v) is 5.32. The Balaban J connectivity index is 2.64. The van der Waals surface area contributed by atoms with Gasteiger partial charge >= 0.3 is 0 Å². The minimum absolute atomic E-state index is 0.252. The second-order valence-corrected chi connectivity index (χ2v) is 4.01. The van der Waals surface area contributed by atoms with E-state index in [4.69, 9.17) is 14.9 Å². The van der Waals surface area contributed by atoms with Crippen LogP contribution >= 0.6 is 15.9 Å². The van der Waals surface area contributed by atoms with Crippen molar-refractivity contribution in [2.24, 2.45) is 0 Å². The highest BCUT2D eigenvalue weighted by Gasteiger charge is 2.03. The summed E-state index contributed by atoms with van der Waals surface area (Å²) in [5.74, 6) is 0.727. The summed E-state index contributed by atoms with van der Waals surface area (Å²) < 4.78 is 5.98. The van der Waals surface area contributed by atoms with Gasteiger partial charge in [0.2, 0.25) is 0 Å². The molecule has 15 heavy (non-hydrogen) atoms. The summed E-state index contributed by atoms with van der Waals surface area (Å²) in [5.41, 5.74) is 0.828. The molecule has 0 fully saturated rings. The van der Waals surface area contributed by atoms with Crippen LogP contribution in [0.25, 0.3) is 0 Å². The Hall–Kier alpha value is -0.780. The number of aliphatic hydroxyl groups is 2. The highest BCUT2D eigenvalue weighted by atomic mass is 79.9. The quantitative estimate of drug-likeness (QED) is 0.756. The molecule has 0 amide bonds. The molecular weight excluding hydrogens is 262 g/mol. The molecule has 0 saturated carbocycles. The predicted octanol–water partition coefficient (Wildman–Crippen LogP) is 1.22. The van der Waals surface area contributed by atoms with Gasteiger partial charge in [-0.15, -0.1) is 0 Å². The highest BCUT2D eigenvalue weighted by Crippen LogP contribution is 2.24. The normalized spacial score (nSPS) is 12.3. The topological polar surface area (TPSA) is 61.7 Å². The van der Waals surface area contributed by atoms with Crippen LogP contribution in [0, 0.1) is 0 Å². The van der Waals surface area contributed by atoms with Gasteiger partial charge in [-0.2, -0.15) is 0 Å². The van der Waals surface area contributed by atoms with E-state index >= 15 is 0 Å². The number of benzene rings is 1. The number of aliphatic hydroxyl groups excluding tert-OH is 2. The molecule has 0 radical (unpaired) electrons. The molecule has 0 heterocycles. The molecule has 0 bridgehead atoms. The van der Waals surface area contributed by atoms with Gasteiger partial charge in [-0.3, -0.25) is 0 Å². The van der Waals surface area contributed by atoms with Crippen molar-refractivity contribution in [2.75, 3.05) is 25.6 Å². The van der Waals surface area contributed by atoms with Crippen LogP contribution in [0.1, 0.15) is 0 Å². The average Bonchev–Trinajstić information content (AvgIpc) is 2.25. The summed E-state index contributed by atoms with van der Waals surface area (Å²) >= 11 is 3.35. The summed E-state index contributed by atoms with van der Waals surface area (Å²) in [5, 5.41) is 20.8. The molecule has 3 N–H and O–H groups in total. The fraction of sp³-hybridized carbons (Fsp3) is 0.400. The first kappa shape index (κ1) is 12.3. The number of hydrogen-bond acceptors (Lipinski definition) is 4. The van der Waals surface area contributed by atoms with Gasteiger partial charge in [0.25, 0.3) is 0 Å². The van der Waals surface area contributed by atoms with Crippen LogP contribution in [-0.4, -0.2) is 36.6 Å². The Kier molecular flexibility index (Phi) is 4.87. The lowest BCUT2D eigenvalue weighted by atomic mass is 10.3. The summed E-state index contributed by atoms with van der Waals surface area (Å²) in [4.78, 5) is 0. The third-order valence-electron chi connectivity index (χ3n) is 1.86. The van der Waals surface area contributed by atoms with E-state index in [1.807, 2.05) is 18.2 Å². The van der Waals surface area contributed by atoms with Crippen LogP contribution in [0.4, 0.5) is 5.69 Å². The fourth-order valence-electron chi connectivity index (χ4n) is 1.08. The van der Waals surface area contributed by atoms with Crippen molar-refractivity contribution < 1.29 is 14.9 Å². The first-order valence-electron chi connectivity index (χ1n) is 4.53. The van der Waals surface area contributed by atoms with Gasteiger partial charge in [0.15, 0.2) is 0 Å². The number of hydrogen-bond donors (Lipinski definition) is 3. The van der Waals surface area contributed by atoms with Crippen molar-refractivity contribution in [3.8, 4) is 5.75 Å². The zero-order valence-corrected chi connectivity index (χ0v) is 9.99. The third kappa shape index (κ3) is 4.07. The molecule has 1 atom stereocenters. The zero-order valence-electron chi connectivity index (χ0n) is 8.40. The highest BCUT2D eigenvalue weighted by molar-refractivity contribution is 9.10. The average molecular weight is 276 g/mol. The lowest BCUT2D eigenvalue weighted by molar-refractivity contribution is 0.105. The molecular formula is C10H14BrNO3. The van der Waals surface area contributed by atoms with E-state index < -0.39 is 6.10 Å². The molecule has 0 aliphatic rings. The van der Waals surface area contributed by atoms with Gasteiger partial charge in [-0.05, 0) is 12.1 Å². The van der Waals surface area contributed by atoms with Crippen molar-refractivity contribution in [1.82, 2.24) is 0 Å². The second kappa shape index (κ2) is 5.95. The Morgan fingerprint density at radius 3 is 2.80 bits per heavy atom. The van der Waals surface area contributed by atoms with Crippen LogP contribution in [-0.2, 0) is 0 Å². The Morgan fingerprint density at radius 2 is 2.20 bits per heavy atom. The minimum atomic E-state index is -0.755. The molecule has 84 valence electrons. The van der Waals surface area contributed by atoms with Gasteiger partial charge in [0.1, 0.15) is 5.75 Å². The molecule has 4 nitrogen and oxygen atoms in total. The van der Waals surface area contributed by atoms with Gasteiger partial charge in [-0.25, -0.2) is 0 Å². The van der Waals surface area contributed by atoms with E-state index in [9.17, 15) is 0 Å². The molecule has 1 rings (SSSR count). The first-order chi connectivity index (χ1) is 7.15. The Bertz CT molecular complexity index is 320. The van der Waals surface area contributed by atoms with Crippen LogP contribution < -0.4 is 10.1 Å². The van der Waals surface area contributed by atoms with Gasteiger partial charge in [-0.1, -0.05) is 15.9 Å². The van der Waals surface area contributed by atoms with E-state index in [0.717, 1.165) is 15.9 Å². The third-order valence-corrected chi connectivity index (χ3v) is 2.32. The van der Waals surface area contributed by atoms with Crippen molar-refractivity contribution in [3.63, 3.8) is 0 Å². The largest absolute Gasteiger partial charge is 0.497 e. The smallest absolute Gasteiger partial charge is 0.122 e. The SMILES string of the molecule is COc1cc(Br)cc(NCC(O)CO)c1. The van der Waals surface area contributed by atoms with Crippen LogP contribution in [0.2, 0.25) is 0 Å². The van der Waals surface area contributed by atoms with Crippen molar-refractivity contribution in [3.05, 3.63) is 22.7 Å². The summed E-state index contributed by atoms with van der Waals surface area (Å²) in [7, 11) is 1.59. The summed E-state index contributed by atoms with van der Waals surface area (Å²) in [6, 6.07) is 5.52. The number of anilines is 1. The molecule has 1 aromatic carbocycles. The van der Waals surface area contributed by atoms with Crippen LogP contribution in [0.3, 0.4) is 0 Å². The number of ether oxygens (including phenoxy) is 1. The number of rotatable bonds is 5. The maximum absolute atomic E-state index is 9.16. The van der Waals surface area contributed by atoms with E-state index in [1.165, 1.54) is 0 Å². The summed E-state index contributed by atoms with van der Waals surface area (Å²) in [6.45, 7) is 0.0498. The van der Waals surface area contributed by atoms with Gasteiger partial charge in [0.05, 0.1) is 19.8 Å². The maximum Gasteiger partial charge on any atom is 0.122 e. The standard InChI is InChI=1S/C10H14BrNO3/c1-15-10-3-7(11)2-8(4-10)12-5-9(14)6-13/h2-4,9,12-14H,5-6H2,1H3. The maximum atomic E-state index is 9.16.